The van der Waals surface area contributed by atoms with Gasteiger partial charge in [0.15, 0.2) is 0 Å². The Hall–Kier alpha value is -0.580. The molecule has 2 N–H and O–H groups in total. The van der Waals surface area contributed by atoms with Crippen molar-refractivity contribution in [3.63, 3.8) is 0 Å². The highest BCUT2D eigenvalue weighted by molar-refractivity contribution is 6.31. The van der Waals surface area contributed by atoms with Crippen LogP contribution in [-0.2, 0) is 13.6 Å². The van der Waals surface area contributed by atoms with Gasteiger partial charge in [-0.25, -0.2) is 0 Å². The van der Waals surface area contributed by atoms with Gasteiger partial charge in [0.2, 0.25) is 0 Å². The zero-order valence-electron chi connectivity index (χ0n) is 9.63. The van der Waals surface area contributed by atoms with E-state index in [2.05, 4.69) is 10.4 Å². The predicted molar refractivity (Wildman–Crippen MR) is 61.0 cm³/mol. The Balaban J connectivity index is 2.73. The SMILES string of the molecule is Cc1nn(C)c(CNC(C)(C)CO)c1Cl. The van der Waals surface area contributed by atoms with Crippen LogP contribution in [0.25, 0.3) is 0 Å². The third-order valence-corrected chi connectivity index (χ3v) is 2.88. The van der Waals surface area contributed by atoms with Gasteiger partial charge in [-0.3, -0.25) is 4.68 Å². The number of aliphatic hydroxyl groups excluding tert-OH is 1. The molecule has 1 aromatic rings. The quantitative estimate of drug-likeness (QED) is 0.820. The van der Waals surface area contributed by atoms with Gasteiger partial charge >= 0.3 is 0 Å². The van der Waals surface area contributed by atoms with E-state index in [1.54, 1.807) is 4.68 Å². The van der Waals surface area contributed by atoms with E-state index in [-0.39, 0.29) is 12.1 Å². The number of aromatic nitrogens is 2. The van der Waals surface area contributed by atoms with Gasteiger partial charge in [0, 0.05) is 19.1 Å². The molecule has 86 valence electrons. The molecule has 5 heteroatoms. The Kier molecular flexibility index (Phi) is 3.76. The maximum absolute atomic E-state index is 9.10. The second-order valence-electron chi connectivity index (χ2n) is 4.37. The van der Waals surface area contributed by atoms with E-state index in [0.29, 0.717) is 11.6 Å². The number of nitrogens with zero attached hydrogens (tertiary/aromatic N) is 2. The molecule has 0 radical (unpaired) electrons. The third kappa shape index (κ3) is 2.93. The molecule has 0 aliphatic heterocycles. The van der Waals surface area contributed by atoms with Crippen LogP contribution in [0.5, 0.6) is 0 Å². The van der Waals surface area contributed by atoms with Crippen molar-refractivity contribution >= 4 is 11.6 Å². The minimum atomic E-state index is -0.304. The Morgan fingerprint density at radius 2 is 2.13 bits per heavy atom. The van der Waals surface area contributed by atoms with Gasteiger partial charge in [-0.05, 0) is 20.8 Å². The molecule has 0 fully saturated rings. The number of nitrogens with one attached hydrogen (secondary N) is 1. The molecule has 0 amide bonds. The summed E-state index contributed by atoms with van der Waals surface area (Å²) in [6.07, 6.45) is 0. The number of hydrogen-bond donors (Lipinski definition) is 2. The topological polar surface area (TPSA) is 50.1 Å². The first-order chi connectivity index (χ1) is 6.87. The van der Waals surface area contributed by atoms with E-state index < -0.39 is 0 Å². The summed E-state index contributed by atoms with van der Waals surface area (Å²) in [4.78, 5) is 0. The Labute approximate surface area is 95.2 Å². The van der Waals surface area contributed by atoms with Crippen molar-refractivity contribution in [3.8, 4) is 0 Å². The fourth-order valence-corrected chi connectivity index (χ4v) is 1.48. The van der Waals surface area contributed by atoms with E-state index in [1.807, 2.05) is 27.8 Å². The van der Waals surface area contributed by atoms with Crippen molar-refractivity contribution in [1.82, 2.24) is 15.1 Å². The van der Waals surface area contributed by atoms with Gasteiger partial charge in [-0.2, -0.15) is 5.10 Å². The largest absolute Gasteiger partial charge is 0.394 e. The Morgan fingerprint density at radius 3 is 2.53 bits per heavy atom. The van der Waals surface area contributed by atoms with Crippen molar-refractivity contribution in [2.45, 2.75) is 32.9 Å². The number of hydrogen-bond acceptors (Lipinski definition) is 3. The molecule has 0 atom stereocenters. The summed E-state index contributed by atoms with van der Waals surface area (Å²) in [6, 6.07) is 0. The number of aliphatic hydroxyl groups is 1. The molecule has 0 unspecified atom stereocenters. The number of halogens is 1. The average molecular weight is 232 g/mol. The number of rotatable bonds is 4. The fraction of sp³-hybridized carbons (Fsp3) is 0.700. The zero-order chi connectivity index (χ0) is 11.6. The summed E-state index contributed by atoms with van der Waals surface area (Å²) in [5.74, 6) is 0. The van der Waals surface area contributed by atoms with Gasteiger partial charge in [0.25, 0.3) is 0 Å². The Bertz CT molecular complexity index is 347. The second kappa shape index (κ2) is 4.51. The lowest BCUT2D eigenvalue weighted by Gasteiger charge is -2.23. The van der Waals surface area contributed by atoms with Gasteiger partial charge < -0.3 is 10.4 Å². The normalized spacial score (nSPS) is 12.1. The zero-order valence-corrected chi connectivity index (χ0v) is 10.4. The summed E-state index contributed by atoms with van der Waals surface area (Å²) in [5.41, 5.74) is 1.47. The minimum absolute atomic E-state index is 0.0848. The first kappa shape index (κ1) is 12.5. The van der Waals surface area contributed by atoms with E-state index in [0.717, 1.165) is 11.4 Å². The van der Waals surface area contributed by atoms with Crippen LogP contribution < -0.4 is 5.32 Å². The molecule has 0 bridgehead atoms. The molecule has 0 saturated heterocycles. The molecule has 0 aliphatic rings. The molecule has 0 aromatic carbocycles. The fourth-order valence-electron chi connectivity index (χ4n) is 1.25. The van der Waals surface area contributed by atoms with Gasteiger partial charge in [0.05, 0.1) is 23.0 Å². The van der Waals surface area contributed by atoms with E-state index >= 15 is 0 Å². The first-order valence-electron chi connectivity index (χ1n) is 4.91. The lowest BCUT2D eigenvalue weighted by atomic mass is 10.1. The van der Waals surface area contributed by atoms with Gasteiger partial charge in [0.1, 0.15) is 0 Å². The molecular weight excluding hydrogens is 214 g/mol. The molecule has 0 spiro atoms. The van der Waals surface area contributed by atoms with Crippen LogP contribution in [-0.4, -0.2) is 27.0 Å². The van der Waals surface area contributed by atoms with Gasteiger partial charge in [-0.1, -0.05) is 11.6 Å². The van der Waals surface area contributed by atoms with E-state index in [1.165, 1.54) is 0 Å². The average Bonchev–Trinajstić information content (AvgIpc) is 2.39. The second-order valence-corrected chi connectivity index (χ2v) is 4.74. The summed E-state index contributed by atoms with van der Waals surface area (Å²) in [5, 5.41) is 17.2. The van der Waals surface area contributed by atoms with Crippen molar-refractivity contribution in [1.29, 1.82) is 0 Å². The maximum Gasteiger partial charge on any atom is 0.0860 e. The molecule has 15 heavy (non-hydrogen) atoms. The molecule has 0 saturated carbocycles. The summed E-state index contributed by atoms with van der Waals surface area (Å²) in [7, 11) is 1.86. The lowest BCUT2D eigenvalue weighted by Crippen LogP contribution is -2.42. The Morgan fingerprint density at radius 1 is 1.53 bits per heavy atom. The summed E-state index contributed by atoms with van der Waals surface area (Å²) >= 11 is 6.10. The van der Waals surface area contributed by atoms with Crippen LogP contribution in [0.4, 0.5) is 0 Å². The van der Waals surface area contributed by atoms with Crippen LogP contribution >= 0.6 is 11.6 Å². The first-order valence-corrected chi connectivity index (χ1v) is 5.29. The highest BCUT2D eigenvalue weighted by Crippen LogP contribution is 2.19. The van der Waals surface area contributed by atoms with Crippen molar-refractivity contribution < 1.29 is 5.11 Å². The number of aryl methyl sites for hydroxylation is 2. The minimum Gasteiger partial charge on any atom is -0.394 e. The van der Waals surface area contributed by atoms with Crippen LogP contribution in [0.1, 0.15) is 25.2 Å². The summed E-state index contributed by atoms with van der Waals surface area (Å²) in [6.45, 7) is 6.43. The van der Waals surface area contributed by atoms with Crippen molar-refractivity contribution in [2.24, 2.45) is 7.05 Å². The van der Waals surface area contributed by atoms with Crippen LogP contribution in [0.15, 0.2) is 0 Å². The predicted octanol–water partition coefficient (Wildman–Crippen LogP) is 1.24. The van der Waals surface area contributed by atoms with Crippen molar-refractivity contribution in [3.05, 3.63) is 16.4 Å². The molecule has 1 heterocycles. The van der Waals surface area contributed by atoms with Crippen molar-refractivity contribution in [2.75, 3.05) is 6.61 Å². The molecule has 1 rings (SSSR count). The molecule has 0 aliphatic carbocycles. The van der Waals surface area contributed by atoms with Gasteiger partial charge in [-0.15, -0.1) is 0 Å². The standard InChI is InChI=1S/C10H18ClN3O/c1-7-9(11)8(14(4)13-7)5-12-10(2,3)6-15/h12,15H,5-6H2,1-4H3. The van der Waals surface area contributed by atoms with E-state index in [4.69, 9.17) is 16.7 Å². The molecular formula is C10H18ClN3O. The smallest absolute Gasteiger partial charge is 0.0860 e. The van der Waals surface area contributed by atoms with Crippen LogP contribution in [0.2, 0.25) is 5.02 Å². The third-order valence-electron chi connectivity index (χ3n) is 2.39. The van der Waals surface area contributed by atoms with Crippen LogP contribution in [0, 0.1) is 6.92 Å². The molecule has 4 nitrogen and oxygen atoms in total. The van der Waals surface area contributed by atoms with E-state index in [9.17, 15) is 0 Å². The lowest BCUT2D eigenvalue weighted by molar-refractivity contribution is 0.186. The molecule has 1 aromatic heterocycles. The monoisotopic (exact) mass is 231 g/mol. The maximum atomic E-state index is 9.10. The highest BCUT2D eigenvalue weighted by atomic mass is 35.5. The highest BCUT2D eigenvalue weighted by Gasteiger charge is 2.18. The van der Waals surface area contributed by atoms with Crippen LogP contribution in [0.3, 0.4) is 0 Å². The summed E-state index contributed by atoms with van der Waals surface area (Å²) < 4.78 is 1.76.